The lowest BCUT2D eigenvalue weighted by Gasteiger charge is -2.23. The predicted molar refractivity (Wildman–Crippen MR) is 163 cm³/mol. The van der Waals surface area contributed by atoms with E-state index in [1.165, 1.54) is 16.2 Å². The maximum Gasteiger partial charge on any atom is 0.301 e. The van der Waals surface area contributed by atoms with Crippen molar-refractivity contribution in [3.8, 4) is 17.2 Å². The minimum atomic E-state index is -0.907. The molecule has 1 aromatic heterocycles. The highest BCUT2D eigenvalue weighted by molar-refractivity contribution is 7.22. The molecule has 9 heteroatoms. The number of carbonyl (C=O) groups excluding carboxylic acids is 2. The van der Waals surface area contributed by atoms with E-state index < -0.39 is 17.7 Å². The first kappa shape index (κ1) is 27.8. The molecule has 1 N–H and O–H groups in total. The lowest BCUT2D eigenvalue weighted by Crippen LogP contribution is -2.29. The zero-order chi connectivity index (χ0) is 29.4. The number of aliphatic hydroxyl groups excluding tert-OH is 1. The predicted octanol–water partition coefficient (Wildman–Crippen LogP) is 6.82. The minimum absolute atomic E-state index is 0.00637. The number of benzene rings is 3. The number of unbranched alkanes of at least 4 members (excludes halogenated alkanes) is 1. The zero-order valence-electron chi connectivity index (χ0n) is 23.8. The highest BCUT2D eigenvalue weighted by atomic mass is 32.1. The third-order valence-corrected chi connectivity index (χ3v) is 8.44. The summed E-state index contributed by atoms with van der Waals surface area (Å²) in [4.78, 5) is 33.6. The Balaban J connectivity index is 1.48. The van der Waals surface area contributed by atoms with Crippen LogP contribution in [0.1, 0.15) is 56.3 Å². The average molecular weight is 585 g/mol. The molecular weight excluding hydrogens is 552 g/mol. The van der Waals surface area contributed by atoms with E-state index in [1.54, 1.807) is 12.1 Å². The Kier molecular flexibility index (Phi) is 7.60. The molecule has 3 heterocycles. The Morgan fingerprint density at radius 3 is 2.71 bits per heavy atom. The van der Waals surface area contributed by atoms with Crippen molar-refractivity contribution in [2.24, 2.45) is 0 Å². The molecule has 216 valence electrons. The fourth-order valence-corrected chi connectivity index (χ4v) is 6.45. The third kappa shape index (κ3) is 5.09. The van der Waals surface area contributed by atoms with Crippen LogP contribution in [0.5, 0.6) is 17.2 Å². The summed E-state index contributed by atoms with van der Waals surface area (Å²) in [6.45, 7) is 7.06. The summed E-state index contributed by atoms with van der Waals surface area (Å²) in [5.41, 5.74) is 2.72. The summed E-state index contributed by atoms with van der Waals surface area (Å²) >= 11 is 1.30. The first-order chi connectivity index (χ1) is 20.4. The van der Waals surface area contributed by atoms with Crippen LogP contribution in [0.4, 0.5) is 5.13 Å². The molecule has 0 aliphatic carbocycles. The van der Waals surface area contributed by atoms with Crippen molar-refractivity contribution in [1.29, 1.82) is 0 Å². The fraction of sp³-hybridized carbons (Fsp3) is 0.303. The van der Waals surface area contributed by atoms with E-state index in [-0.39, 0.29) is 17.4 Å². The zero-order valence-corrected chi connectivity index (χ0v) is 24.6. The van der Waals surface area contributed by atoms with E-state index in [9.17, 15) is 14.7 Å². The maximum absolute atomic E-state index is 13.7. The van der Waals surface area contributed by atoms with Crippen molar-refractivity contribution in [2.45, 2.75) is 52.2 Å². The van der Waals surface area contributed by atoms with Gasteiger partial charge in [0.2, 0.25) is 0 Å². The Morgan fingerprint density at radius 1 is 1.07 bits per heavy atom. The average Bonchev–Trinajstić information content (AvgIpc) is 3.65. The Hall–Kier alpha value is -4.37. The lowest BCUT2D eigenvalue weighted by atomic mass is 9.94. The molecule has 0 saturated carbocycles. The van der Waals surface area contributed by atoms with Gasteiger partial charge in [0.15, 0.2) is 5.13 Å². The van der Waals surface area contributed by atoms with E-state index in [4.69, 9.17) is 19.2 Å². The van der Waals surface area contributed by atoms with Gasteiger partial charge in [-0.2, -0.15) is 0 Å². The van der Waals surface area contributed by atoms with Crippen LogP contribution in [0.15, 0.2) is 66.2 Å². The number of hydrogen-bond acceptors (Lipinski definition) is 8. The van der Waals surface area contributed by atoms with Gasteiger partial charge >= 0.3 is 5.91 Å². The molecule has 8 nitrogen and oxygen atoms in total. The summed E-state index contributed by atoms with van der Waals surface area (Å²) < 4.78 is 18.2. The number of thiazole rings is 1. The van der Waals surface area contributed by atoms with Crippen LogP contribution >= 0.6 is 11.3 Å². The molecule has 1 fully saturated rings. The second-order valence-corrected chi connectivity index (χ2v) is 11.5. The van der Waals surface area contributed by atoms with Crippen LogP contribution in [-0.4, -0.2) is 41.1 Å². The SMILES string of the molecule is CCCCOc1cccc(C2/C(=C(/O)c3ccc4c(c3)CC(C)O4)C(=O)C(=O)N2c2nc3ccc(OCC)cc3s2)c1. The van der Waals surface area contributed by atoms with Crippen molar-refractivity contribution < 1.29 is 28.9 Å². The lowest BCUT2D eigenvalue weighted by molar-refractivity contribution is -0.132. The second kappa shape index (κ2) is 11.5. The van der Waals surface area contributed by atoms with Crippen LogP contribution in [0.3, 0.4) is 0 Å². The molecule has 2 aliphatic heterocycles. The molecule has 2 atom stereocenters. The maximum atomic E-state index is 13.7. The third-order valence-electron chi connectivity index (χ3n) is 7.42. The molecule has 42 heavy (non-hydrogen) atoms. The largest absolute Gasteiger partial charge is 0.507 e. The summed E-state index contributed by atoms with van der Waals surface area (Å²) in [7, 11) is 0. The van der Waals surface area contributed by atoms with Crippen molar-refractivity contribution in [2.75, 3.05) is 18.1 Å². The molecule has 0 spiro atoms. The molecule has 1 amide bonds. The Bertz CT molecular complexity index is 1710. The highest BCUT2D eigenvalue weighted by Gasteiger charge is 2.48. The van der Waals surface area contributed by atoms with Gasteiger partial charge in [-0.25, -0.2) is 4.98 Å². The van der Waals surface area contributed by atoms with Crippen molar-refractivity contribution in [3.05, 3.63) is 82.9 Å². The molecule has 4 aromatic rings. The Labute approximate surface area is 248 Å². The van der Waals surface area contributed by atoms with Gasteiger partial charge in [-0.3, -0.25) is 14.5 Å². The monoisotopic (exact) mass is 584 g/mol. The van der Waals surface area contributed by atoms with Crippen LogP contribution in [0.2, 0.25) is 0 Å². The van der Waals surface area contributed by atoms with Crippen LogP contribution in [-0.2, 0) is 16.0 Å². The number of hydrogen-bond donors (Lipinski definition) is 1. The number of Topliss-reactive ketones (excluding diaryl/α,β-unsaturated/α-hetero) is 1. The van der Waals surface area contributed by atoms with Crippen molar-refractivity contribution >= 4 is 44.1 Å². The smallest absolute Gasteiger partial charge is 0.301 e. The summed E-state index contributed by atoms with van der Waals surface area (Å²) in [5, 5.41) is 12.0. The van der Waals surface area contributed by atoms with Crippen LogP contribution < -0.4 is 19.1 Å². The first-order valence-electron chi connectivity index (χ1n) is 14.2. The van der Waals surface area contributed by atoms with Crippen LogP contribution in [0.25, 0.3) is 16.0 Å². The molecule has 1 saturated heterocycles. The fourth-order valence-electron chi connectivity index (χ4n) is 5.43. The highest BCUT2D eigenvalue weighted by Crippen LogP contribution is 2.45. The normalized spacial score (nSPS) is 19.3. The van der Waals surface area contributed by atoms with Gasteiger partial charge < -0.3 is 19.3 Å². The summed E-state index contributed by atoms with van der Waals surface area (Å²) in [6, 6.07) is 17.3. The van der Waals surface area contributed by atoms with Gasteiger partial charge in [0.25, 0.3) is 5.78 Å². The molecule has 6 rings (SSSR count). The van der Waals surface area contributed by atoms with E-state index in [1.807, 2.05) is 62.4 Å². The van der Waals surface area contributed by atoms with Crippen LogP contribution in [0, 0.1) is 0 Å². The van der Waals surface area contributed by atoms with Gasteiger partial charge in [-0.05, 0) is 79.9 Å². The van der Waals surface area contributed by atoms with Gasteiger partial charge in [-0.15, -0.1) is 0 Å². The van der Waals surface area contributed by atoms with Gasteiger partial charge in [0, 0.05) is 12.0 Å². The van der Waals surface area contributed by atoms with Crippen molar-refractivity contribution in [3.63, 3.8) is 0 Å². The van der Waals surface area contributed by atoms with E-state index >= 15 is 0 Å². The van der Waals surface area contributed by atoms with Gasteiger partial charge in [0.1, 0.15) is 29.1 Å². The molecular formula is C33H32N2O6S. The van der Waals surface area contributed by atoms with Gasteiger partial charge in [-0.1, -0.05) is 36.8 Å². The molecule has 3 aromatic carbocycles. The molecule has 2 aliphatic rings. The number of anilines is 1. The summed E-state index contributed by atoms with van der Waals surface area (Å²) in [6.07, 6.45) is 2.62. The van der Waals surface area contributed by atoms with E-state index in [2.05, 4.69) is 6.92 Å². The Morgan fingerprint density at radius 2 is 1.90 bits per heavy atom. The van der Waals surface area contributed by atoms with E-state index in [0.29, 0.717) is 52.9 Å². The number of amides is 1. The topological polar surface area (TPSA) is 98.2 Å². The number of ether oxygens (including phenoxy) is 3. The number of aromatic nitrogens is 1. The standard InChI is InChI=1S/C33H32N2O6S/c1-4-6-14-40-23-9-7-8-20(17-23)29-28(30(36)21-10-13-26-22(16-21)15-19(3)41-26)31(37)32(38)35(29)33-34-25-12-11-24(39-5-2)18-27(25)42-33/h7-13,16-19,29,36H,4-6,14-15H2,1-3H3/b30-28-. The molecule has 2 unspecified atom stereocenters. The quantitative estimate of drug-likeness (QED) is 0.0997. The molecule has 0 bridgehead atoms. The number of fused-ring (bicyclic) bond motifs is 2. The number of aliphatic hydroxyl groups is 1. The molecule has 0 radical (unpaired) electrons. The number of carbonyl (C=O) groups is 2. The first-order valence-corrected chi connectivity index (χ1v) is 15.1. The summed E-state index contributed by atoms with van der Waals surface area (Å²) in [5.74, 6) is 0.330. The van der Waals surface area contributed by atoms with Gasteiger partial charge in [0.05, 0.1) is 35.0 Å². The minimum Gasteiger partial charge on any atom is -0.507 e. The number of rotatable bonds is 9. The number of ketones is 1. The number of nitrogens with zero attached hydrogens (tertiary/aromatic N) is 2. The van der Waals surface area contributed by atoms with E-state index in [0.717, 1.165) is 28.9 Å². The second-order valence-electron chi connectivity index (χ2n) is 10.5. The van der Waals surface area contributed by atoms with Crippen molar-refractivity contribution in [1.82, 2.24) is 4.98 Å².